The van der Waals surface area contributed by atoms with E-state index < -0.39 is 6.04 Å². The van der Waals surface area contributed by atoms with Crippen LogP contribution >= 0.6 is 11.3 Å². The predicted molar refractivity (Wildman–Crippen MR) is 71.8 cm³/mol. The first-order valence-electron chi connectivity index (χ1n) is 5.92. The number of thiophene rings is 1. The summed E-state index contributed by atoms with van der Waals surface area (Å²) in [5, 5.41) is 5.96. The number of amides is 2. The SMILES string of the molecule is CN1C(=O)CCC(Nc2ncnc3sccc23)C1=O. The number of likely N-dealkylation sites (tertiary alicyclic amines) is 1. The highest BCUT2D eigenvalue weighted by Crippen LogP contribution is 2.25. The van der Waals surface area contributed by atoms with Crippen molar-refractivity contribution in [3.8, 4) is 0 Å². The number of nitrogens with one attached hydrogen (secondary N) is 1. The van der Waals surface area contributed by atoms with Gasteiger partial charge in [-0.25, -0.2) is 9.97 Å². The lowest BCUT2D eigenvalue weighted by molar-refractivity contribution is -0.146. The molecule has 3 rings (SSSR count). The number of likely N-dealkylation sites (N-methyl/N-ethyl adjacent to an activating group) is 1. The van der Waals surface area contributed by atoms with E-state index in [-0.39, 0.29) is 11.8 Å². The van der Waals surface area contributed by atoms with Crippen LogP contribution in [0.15, 0.2) is 17.8 Å². The van der Waals surface area contributed by atoms with Gasteiger partial charge < -0.3 is 5.32 Å². The number of nitrogens with zero attached hydrogens (tertiary/aromatic N) is 3. The van der Waals surface area contributed by atoms with Crippen LogP contribution in [0, 0.1) is 0 Å². The summed E-state index contributed by atoms with van der Waals surface area (Å²) in [5.74, 6) is 0.303. The second-order valence-electron chi connectivity index (χ2n) is 4.39. The first-order chi connectivity index (χ1) is 9.16. The molecule has 1 saturated heterocycles. The minimum Gasteiger partial charge on any atom is -0.358 e. The lowest BCUT2D eigenvalue weighted by Gasteiger charge is -2.28. The zero-order valence-corrected chi connectivity index (χ0v) is 11.1. The van der Waals surface area contributed by atoms with Crippen molar-refractivity contribution in [3.63, 3.8) is 0 Å². The number of rotatable bonds is 2. The molecule has 0 spiro atoms. The Balaban J connectivity index is 1.87. The largest absolute Gasteiger partial charge is 0.358 e. The van der Waals surface area contributed by atoms with Crippen LogP contribution in [0.5, 0.6) is 0 Å². The highest BCUT2D eigenvalue weighted by molar-refractivity contribution is 7.16. The summed E-state index contributed by atoms with van der Waals surface area (Å²) in [7, 11) is 1.51. The summed E-state index contributed by atoms with van der Waals surface area (Å²) in [4.78, 5) is 33.8. The van der Waals surface area contributed by atoms with Crippen molar-refractivity contribution >= 4 is 39.2 Å². The molecular formula is C12H12N4O2S. The van der Waals surface area contributed by atoms with E-state index in [0.717, 1.165) is 10.2 Å². The van der Waals surface area contributed by atoms with Gasteiger partial charge in [0.05, 0.1) is 5.39 Å². The maximum Gasteiger partial charge on any atom is 0.251 e. The zero-order valence-electron chi connectivity index (χ0n) is 10.3. The summed E-state index contributed by atoms with van der Waals surface area (Å²) >= 11 is 1.52. The summed E-state index contributed by atoms with van der Waals surface area (Å²) in [6, 6.07) is 1.52. The summed E-state index contributed by atoms with van der Waals surface area (Å²) in [6.45, 7) is 0. The van der Waals surface area contributed by atoms with Crippen LogP contribution in [0.2, 0.25) is 0 Å². The number of carbonyl (C=O) groups is 2. The molecule has 1 N–H and O–H groups in total. The number of anilines is 1. The third-order valence-electron chi connectivity index (χ3n) is 3.22. The van der Waals surface area contributed by atoms with E-state index in [1.54, 1.807) is 0 Å². The zero-order chi connectivity index (χ0) is 13.4. The maximum absolute atomic E-state index is 12.0. The van der Waals surface area contributed by atoms with Gasteiger partial charge in [-0.15, -0.1) is 11.3 Å². The fraction of sp³-hybridized carbons (Fsp3) is 0.333. The van der Waals surface area contributed by atoms with Crippen molar-refractivity contribution in [1.82, 2.24) is 14.9 Å². The Morgan fingerprint density at radius 1 is 1.42 bits per heavy atom. The molecule has 0 aromatic carbocycles. The quantitative estimate of drug-likeness (QED) is 0.835. The Kier molecular flexibility index (Phi) is 2.90. The smallest absolute Gasteiger partial charge is 0.251 e. The fourth-order valence-corrected chi connectivity index (χ4v) is 2.85. The standard InChI is InChI=1S/C12H12N4O2S/c1-16-9(17)3-2-8(12(16)18)15-10-7-4-5-19-11(7)14-6-13-10/h4-6,8H,2-3H2,1H3,(H,13,14,15). The Hall–Kier alpha value is -2.02. The van der Waals surface area contributed by atoms with Crippen LogP contribution in [0.25, 0.3) is 10.2 Å². The van der Waals surface area contributed by atoms with Crippen LogP contribution in [0.4, 0.5) is 5.82 Å². The molecule has 1 aliphatic rings. The number of piperidine rings is 1. The molecule has 2 aromatic rings. The first kappa shape index (κ1) is 12.0. The molecule has 7 heteroatoms. The van der Waals surface area contributed by atoms with Crippen LogP contribution in [-0.2, 0) is 9.59 Å². The lowest BCUT2D eigenvalue weighted by atomic mass is 10.0. The molecule has 0 bridgehead atoms. The average molecular weight is 276 g/mol. The maximum atomic E-state index is 12.0. The monoisotopic (exact) mass is 276 g/mol. The van der Waals surface area contributed by atoms with E-state index >= 15 is 0 Å². The molecule has 0 saturated carbocycles. The van der Waals surface area contributed by atoms with E-state index in [4.69, 9.17) is 0 Å². The summed E-state index contributed by atoms with van der Waals surface area (Å²) < 4.78 is 0. The van der Waals surface area contributed by atoms with E-state index in [2.05, 4.69) is 15.3 Å². The number of hydrogen-bond donors (Lipinski definition) is 1. The summed E-state index contributed by atoms with van der Waals surface area (Å²) in [5.41, 5.74) is 0. The topological polar surface area (TPSA) is 75.2 Å². The first-order valence-corrected chi connectivity index (χ1v) is 6.80. The number of hydrogen-bond acceptors (Lipinski definition) is 6. The van der Waals surface area contributed by atoms with Crippen molar-refractivity contribution in [2.45, 2.75) is 18.9 Å². The number of carbonyl (C=O) groups excluding carboxylic acids is 2. The van der Waals surface area contributed by atoms with Crippen LogP contribution in [0.1, 0.15) is 12.8 Å². The highest BCUT2D eigenvalue weighted by Gasteiger charge is 2.32. The second-order valence-corrected chi connectivity index (χ2v) is 5.28. The van der Waals surface area contributed by atoms with E-state index in [0.29, 0.717) is 18.7 Å². The van der Waals surface area contributed by atoms with Gasteiger partial charge in [-0.3, -0.25) is 14.5 Å². The van der Waals surface area contributed by atoms with Crippen molar-refractivity contribution < 1.29 is 9.59 Å². The third kappa shape index (κ3) is 2.06. The molecule has 2 amide bonds. The molecule has 3 heterocycles. The third-order valence-corrected chi connectivity index (χ3v) is 4.04. The molecule has 2 aromatic heterocycles. The Bertz CT molecular complexity index is 654. The van der Waals surface area contributed by atoms with Crippen molar-refractivity contribution in [2.75, 3.05) is 12.4 Å². The summed E-state index contributed by atoms with van der Waals surface area (Å²) in [6.07, 6.45) is 2.35. The minimum absolute atomic E-state index is 0.133. The van der Waals surface area contributed by atoms with E-state index in [1.165, 1.54) is 29.6 Å². The van der Waals surface area contributed by atoms with Gasteiger partial charge in [0.2, 0.25) is 5.91 Å². The molecular weight excluding hydrogens is 264 g/mol. The Morgan fingerprint density at radius 3 is 3.11 bits per heavy atom. The van der Waals surface area contributed by atoms with E-state index in [1.807, 2.05) is 11.4 Å². The van der Waals surface area contributed by atoms with Gasteiger partial charge >= 0.3 is 0 Å². The molecule has 19 heavy (non-hydrogen) atoms. The van der Waals surface area contributed by atoms with Crippen LogP contribution < -0.4 is 5.32 Å². The molecule has 1 aliphatic heterocycles. The molecule has 98 valence electrons. The van der Waals surface area contributed by atoms with E-state index in [9.17, 15) is 9.59 Å². The normalized spacial score (nSPS) is 20.1. The van der Waals surface area contributed by atoms with Crippen molar-refractivity contribution in [1.29, 1.82) is 0 Å². The highest BCUT2D eigenvalue weighted by atomic mass is 32.1. The molecule has 0 aliphatic carbocycles. The molecule has 1 atom stereocenters. The number of fused-ring (bicyclic) bond motifs is 1. The van der Waals surface area contributed by atoms with Gasteiger partial charge in [0.15, 0.2) is 0 Å². The number of aromatic nitrogens is 2. The molecule has 0 radical (unpaired) electrons. The molecule has 1 fully saturated rings. The fourth-order valence-electron chi connectivity index (χ4n) is 2.12. The second kappa shape index (κ2) is 4.58. The van der Waals surface area contributed by atoms with Gasteiger partial charge in [-0.1, -0.05) is 0 Å². The van der Waals surface area contributed by atoms with Gasteiger partial charge in [0.1, 0.15) is 23.0 Å². The average Bonchev–Trinajstić information content (AvgIpc) is 2.89. The number of imide groups is 1. The van der Waals surface area contributed by atoms with Crippen molar-refractivity contribution in [2.24, 2.45) is 0 Å². The van der Waals surface area contributed by atoms with Gasteiger partial charge in [0.25, 0.3) is 5.91 Å². The molecule has 6 nitrogen and oxygen atoms in total. The van der Waals surface area contributed by atoms with Crippen molar-refractivity contribution in [3.05, 3.63) is 17.8 Å². The lowest BCUT2D eigenvalue weighted by Crippen LogP contribution is -2.48. The molecule has 1 unspecified atom stereocenters. The predicted octanol–water partition coefficient (Wildman–Crippen LogP) is 1.25. The Morgan fingerprint density at radius 2 is 2.26 bits per heavy atom. The Labute approximate surface area is 113 Å². The van der Waals surface area contributed by atoms with Crippen LogP contribution in [-0.4, -0.2) is 39.8 Å². The van der Waals surface area contributed by atoms with Gasteiger partial charge in [-0.05, 0) is 17.9 Å². The minimum atomic E-state index is -0.402. The van der Waals surface area contributed by atoms with Gasteiger partial charge in [0, 0.05) is 13.5 Å². The van der Waals surface area contributed by atoms with Gasteiger partial charge in [-0.2, -0.15) is 0 Å². The van der Waals surface area contributed by atoms with Crippen LogP contribution in [0.3, 0.4) is 0 Å².